The van der Waals surface area contributed by atoms with Gasteiger partial charge in [0.1, 0.15) is 0 Å². The van der Waals surface area contributed by atoms with E-state index in [1.807, 2.05) is 6.08 Å². The summed E-state index contributed by atoms with van der Waals surface area (Å²) < 4.78 is 5.50. The van der Waals surface area contributed by atoms with Crippen LogP contribution in [-0.4, -0.2) is 47.4 Å². The lowest BCUT2D eigenvalue weighted by molar-refractivity contribution is -0.143. The monoisotopic (exact) mass is 1220 g/mol. The summed E-state index contributed by atoms with van der Waals surface area (Å²) in [6, 6.07) is -0.626. The number of unbranched alkanes of at least 4 members (excludes halogenated alkanes) is 60. The first-order chi connectivity index (χ1) is 43.0. The first-order valence-corrected chi connectivity index (χ1v) is 39.8. The first-order valence-electron chi connectivity index (χ1n) is 39.8. The van der Waals surface area contributed by atoms with Crippen LogP contribution < -0.4 is 5.32 Å². The number of rotatable bonds is 75. The van der Waals surface area contributed by atoms with Gasteiger partial charge in [0.2, 0.25) is 5.91 Å². The minimum atomic E-state index is -0.843. The Morgan fingerprint density at radius 2 is 0.575 bits per heavy atom. The summed E-state index contributed by atoms with van der Waals surface area (Å²) in [4.78, 5) is 24.6. The fourth-order valence-electron chi connectivity index (χ4n) is 12.6. The molecule has 0 saturated heterocycles. The van der Waals surface area contributed by atoms with E-state index < -0.39 is 12.1 Å². The zero-order valence-corrected chi connectivity index (χ0v) is 59.0. The smallest absolute Gasteiger partial charge is 0.305 e. The fraction of sp³-hybridized carbons (Fsp3) is 0.901. The van der Waals surface area contributed by atoms with Crippen LogP contribution in [0.5, 0.6) is 0 Å². The number of hydrogen-bond donors (Lipinski definition) is 3. The third-order valence-corrected chi connectivity index (χ3v) is 18.7. The van der Waals surface area contributed by atoms with Crippen molar-refractivity contribution in [1.29, 1.82) is 0 Å². The van der Waals surface area contributed by atoms with Crippen LogP contribution in [0.1, 0.15) is 444 Å². The molecule has 0 rings (SSSR count). The second-order valence-electron chi connectivity index (χ2n) is 27.4. The Labute approximate surface area is 544 Å². The highest BCUT2D eigenvalue weighted by atomic mass is 16.5. The number of carbonyl (C=O) groups excluding carboxylic acids is 2. The molecule has 1 amide bonds. The van der Waals surface area contributed by atoms with E-state index in [1.54, 1.807) is 6.08 Å². The molecule has 0 aromatic carbocycles. The van der Waals surface area contributed by atoms with Crippen molar-refractivity contribution >= 4 is 11.9 Å². The molecular formula is C81H155NO5. The molecule has 0 aliphatic rings. The summed E-state index contributed by atoms with van der Waals surface area (Å²) >= 11 is 0. The number of amides is 1. The highest BCUT2D eigenvalue weighted by Crippen LogP contribution is 2.20. The summed E-state index contributed by atoms with van der Waals surface area (Å²) in [6.45, 7) is 4.93. The first kappa shape index (κ1) is 85.1. The molecule has 0 saturated carbocycles. The molecule has 0 aromatic rings. The summed E-state index contributed by atoms with van der Waals surface area (Å²) in [6.07, 6.45) is 99.8. The van der Waals surface area contributed by atoms with Crippen LogP contribution in [0.3, 0.4) is 0 Å². The van der Waals surface area contributed by atoms with Crippen LogP contribution in [0.25, 0.3) is 0 Å². The van der Waals surface area contributed by atoms with Crippen LogP contribution in [0.4, 0.5) is 0 Å². The Kier molecular flexibility index (Phi) is 74.8. The number of hydrogen-bond acceptors (Lipinski definition) is 5. The average molecular weight is 1220 g/mol. The zero-order chi connectivity index (χ0) is 62.8. The number of carbonyl (C=O) groups is 2. The molecule has 6 nitrogen and oxygen atoms in total. The third kappa shape index (κ3) is 73.0. The molecule has 3 N–H and O–H groups in total. The van der Waals surface area contributed by atoms with Crippen molar-refractivity contribution in [3.63, 3.8) is 0 Å². The number of ether oxygens (including phenoxy) is 1. The van der Waals surface area contributed by atoms with E-state index >= 15 is 0 Å². The van der Waals surface area contributed by atoms with E-state index in [4.69, 9.17) is 4.74 Å². The molecule has 514 valence electrons. The lowest BCUT2D eigenvalue weighted by Gasteiger charge is -2.20. The van der Waals surface area contributed by atoms with Crippen molar-refractivity contribution in [2.24, 2.45) is 0 Å². The summed E-state index contributed by atoms with van der Waals surface area (Å²) in [5.74, 6) is -0.0513. The highest BCUT2D eigenvalue weighted by Gasteiger charge is 2.18. The fourth-order valence-corrected chi connectivity index (χ4v) is 12.6. The Hall–Kier alpha value is -1.92. The maximum atomic E-state index is 12.6. The summed E-state index contributed by atoms with van der Waals surface area (Å²) in [7, 11) is 0. The number of allylic oxidation sites excluding steroid dienone is 5. The van der Waals surface area contributed by atoms with Gasteiger partial charge in [-0.25, -0.2) is 0 Å². The molecule has 0 aromatic heterocycles. The third-order valence-electron chi connectivity index (χ3n) is 18.7. The molecule has 0 heterocycles. The molecule has 87 heavy (non-hydrogen) atoms. The quantitative estimate of drug-likeness (QED) is 0.0320. The maximum Gasteiger partial charge on any atom is 0.305 e. The van der Waals surface area contributed by atoms with Gasteiger partial charge in [-0.2, -0.15) is 0 Å². The number of aliphatic hydroxyl groups is 2. The zero-order valence-electron chi connectivity index (χ0n) is 59.0. The van der Waals surface area contributed by atoms with Crippen molar-refractivity contribution < 1.29 is 24.5 Å². The SMILES string of the molecule is CCCCCC/C=C\C/C=C\CCCCCCCC(=O)OCCCCCCCCCCCCCCCCCCCCCCCCCCCCCCCCCC(=O)NC(CO)C(O)/C=C/CCCCCCCCCCCCCCCCCCCCCCC. The molecule has 0 aliphatic carbocycles. The van der Waals surface area contributed by atoms with Crippen LogP contribution in [0.2, 0.25) is 0 Å². The Morgan fingerprint density at radius 1 is 0.322 bits per heavy atom. The van der Waals surface area contributed by atoms with Gasteiger partial charge in [-0.15, -0.1) is 0 Å². The topological polar surface area (TPSA) is 95.9 Å². The predicted molar refractivity (Wildman–Crippen MR) is 384 cm³/mol. The molecule has 0 bridgehead atoms. The van der Waals surface area contributed by atoms with Gasteiger partial charge < -0.3 is 20.3 Å². The minimum absolute atomic E-state index is 0.00762. The van der Waals surface area contributed by atoms with E-state index in [2.05, 4.69) is 43.5 Å². The highest BCUT2D eigenvalue weighted by molar-refractivity contribution is 5.76. The van der Waals surface area contributed by atoms with Crippen LogP contribution >= 0.6 is 0 Å². The number of esters is 1. The molecule has 2 atom stereocenters. The number of aliphatic hydroxyl groups excluding tert-OH is 2. The van der Waals surface area contributed by atoms with E-state index in [0.717, 1.165) is 51.4 Å². The Bertz CT molecular complexity index is 1410. The van der Waals surface area contributed by atoms with Crippen molar-refractivity contribution in [1.82, 2.24) is 5.32 Å². The van der Waals surface area contributed by atoms with Gasteiger partial charge in [-0.3, -0.25) is 9.59 Å². The van der Waals surface area contributed by atoms with Crippen LogP contribution in [0, 0.1) is 0 Å². The van der Waals surface area contributed by atoms with Gasteiger partial charge in [0.05, 0.1) is 25.4 Å². The molecule has 0 spiro atoms. The predicted octanol–water partition coefficient (Wildman–Crippen LogP) is 26.2. The van der Waals surface area contributed by atoms with Gasteiger partial charge in [0.25, 0.3) is 0 Å². The van der Waals surface area contributed by atoms with E-state index in [0.29, 0.717) is 19.4 Å². The second-order valence-corrected chi connectivity index (χ2v) is 27.4. The van der Waals surface area contributed by atoms with Gasteiger partial charge >= 0.3 is 5.97 Å². The average Bonchev–Trinajstić information content (AvgIpc) is 3.52. The van der Waals surface area contributed by atoms with E-state index in [1.165, 1.54) is 366 Å². The van der Waals surface area contributed by atoms with Crippen molar-refractivity contribution in [2.45, 2.75) is 456 Å². The van der Waals surface area contributed by atoms with E-state index in [-0.39, 0.29) is 18.5 Å². The van der Waals surface area contributed by atoms with Gasteiger partial charge in [-0.1, -0.05) is 403 Å². The van der Waals surface area contributed by atoms with Crippen molar-refractivity contribution in [3.8, 4) is 0 Å². The summed E-state index contributed by atoms with van der Waals surface area (Å²) in [5, 5.41) is 23.3. The molecule has 0 radical (unpaired) electrons. The normalized spacial score (nSPS) is 12.6. The second kappa shape index (κ2) is 76.5. The van der Waals surface area contributed by atoms with Crippen molar-refractivity contribution in [3.05, 3.63) is 36.5 Å². The van der Waals surface area contributed by atoms with Crippen LogP contribution in [-0.2, 0) is 14.3 Å². The minimum Gasteiger partial charge on any atom is -0.466 e. The summed E-state index contributed by atoms with van der Waals surface area (Å²) in [5.41, 5.74) is 0. The molecule has 0 aliphatic heterocycles. The largest absolute Gasteiger partial charge is 0.466 e. The lowest BCUT2D eigenvalue weighted by Crippen LogP contribution is -2.45. The van der Waals surface area contributed by atoms with Gasteiger partial charge in [0, 0.05) is 12.8 Å². The molecule has 2 unspecified atom stereocenters. The molecule has 6 heteroatoms. The van der Waals surface area contributed by atoms with Crippen molar-refractivity contribution in [2.75, 3.05) is 13.2 Å². The van der Waals surface area contributed by atoms with Crippen LogP contribution in [0.15, 0.2) is 36.5 Å². The van der Waals surface area contributed by atoms with Gasteiger partial charge in [-0.05, 0) is 64.2 Å². The lowest BCUT2D eigenvalue weighted by atomic mass is 10.0. The Balaban J connectivity index is 3.36. The maximum absolute atomic E-state index is 12.6. The molecular weight excluding hydrogens is 1070 g/mol. The standard InChI is InChI=1S/C81H155NO5/c1-3-5-7-9-11-13-15-17-19-21-22-23-33-36-39-42-45-49-53-57-61-65-69-73-79(84)78(77-83)82-80(85)74-70-66-62-58-54-50-46-43-40-37-34-31-29-27-25-24-26-28-30-32-35-38-41-44-48-52-56-60-64-68-72-76-87-81(86)75-71-67-63-59-55-51-47-20-18-16-14-12-10-8-6-4-2/h14,16,20,47,69,73,78-79,83-84H,3-13,15,17-19,21-46,48-68,70-72,74-77H2,1-2H3,(H,82,85)/b16-14-,47-20-,73-69+. The van der Waals surface area contributed by atoms with Gasteiger partial charge in [0.15, 0.2) is 0 Å². The Morgan fingerprint density at radius 3 is 0.885 bits per heavy atom. The number of nitrogens with one attached hydrogen (secondary N) is 1. The van der Waals surface area contributed by atoms with E-state index in [9.17, 15) is 19.8 Å². The molecule has 0 fully saturated rings.